The number of hydrogen-bond donors (Lipinski definition) is 1. The first-order chi connectivity index (χ1) is 18.7. The fraction of sp³-hybridized carbons (Fsp3) is 0.143. The second kappa shape index (κ2) is 11.7. The lowest BCUT2D eigenvalue weighted by Crippen LogP contribution is -2.32. The third kappa shape index (κ3) is 5.98. The summed E-state index contributed by atoms with van der Waals surface area (Å²) >= 11 is 0. The van der Waals surface area contributed by atoms with Gasteiger partial charge in [0.1, 0.15) is 29.6 Å². The van der Waals surface area contributed by atoms with Crippen LogP contribution in [0.1, 0.15) is 0 Å². The van der Waals surface area contributed by atoms with Gasteiger partial charge >= 0.3 is 0 Å². The number of fused-ring (bicyclic) bond motifs is 1. The van der Waals surface area contributed by atoms with E-state index in [-0.39, 0.29) is 25.7 Å². The van der Waals surface area contributed by atoms with Crippen molar-refractivity contribution in [2.24, 2.45) is 0 Å². The van der Waals surface area contributed by atoms with Crippen molar-refractivity contribution in [2.45, 2.75) is 0 Å². The summed E-state index contributed by atoms with van der Waals surface area (Å²) in [6, 6.07) is 27.5. The van der Waals surface area contributed by atoms with Gasteiger partial charge in [-0.1, -0.05) is 30.3 Å². The molecule has 5 aromatic rings. The number of ether oxygens (including phenoxy) is 4. The van der Waals surface area contributed by atoms with Crippen LogP contribution >= 0.6 is 0 Å². The van der Waals surface area contributed by atoms with Gasteiger partial charge in [-0.05, 0) is 54.6 Å². The lowest BCUT2D eigenvalue weighted by atomic mass is 10.2. The molecule has 0 fully saturated rings. The molecule has 0 saturated carbocycles. The fourth-order valence-electron chi connectivity index (χ4n) is 3.62. The summed E-state index contributed by atoms with van der Waals surface area (Å²) in [4.78, 5) is 12.2. The molecule has 10 heteroatoms. The molecule has 1 amide bonds. The fourth-order valence-corrected chi connectivity index (χ4v) is 3.62. The maximum absolute atomic E-state index is 12.2. The predicted octanol–water partition coefficient (Wildman–Crippen LogP) is 4.17. The molecule has 0 spiro atoms. The summed E-state index contributed by atoms with van der Waals surface area (Å²) in [5.41, 5.74) is 1.33. The Balaban J connectivity index is 1.08. The molecule has 3 aromatic carbocycles. The number of hydrogen-bond acceptors (Lipinski definition) is 8. The number of rotatable bonds is 11. The predicted molar refractivity (Wildman–Crippen MR) is 140 cm³/mol. The Morgan fingerprint density at radius 2 is 1.55 bits per heavy atom. The molecular formula is C28H25N5O5. The van der Waals surface area contributed by atoms with Crippen molar-refractivity contribution in [3.8, 4) is 40.3 Å². The number of nitrogens with one attached hydrogen (secondary N) is 1. The highest BCUT2D eigenvalue weighted by Crippen LogP contribution is 2.28. The molecule has 0 radical (unpaired) electrons. The van der Waals surface area contributed by atoms with Crippen LogP contribution in [0.2, 0.25) is 0 Å². The molecule has 5 rings (SSSR count). The molecule has 0 aliphatic heterocycles. The average molecular weight is 512 g/mol. The van der Waals surface area contributed by atoms with Crippen LogP contribution < -0.4 is 24.3 Å². The number of aromatic nitrogens is 4. The van der Waals surface area contributed by atoms with Crippen molar-refractivity contribution >= 4 is 11.6 Å². The van der Waals surface area contributed by atoms with Crippen LogP contribution in [0.4, 0.5) is 0 Å². The third-order valence-corrected chi connectivity index (χ3v) is 5.43. The van der Waals surface area contributed by atoms with E-state index in [1.54, 1.807) is 48.0 Å². The zero-order chi connectivity index (χ0) is 26.2. The van der Waals surface area contributed by atoms with Gasteiger partial charge in [0.15, 0.2) is 18.1 Å². The second-order valence-electron chi connectivity index (χ2n) is 8.04. The number of benzene rings is 3. The van der Waals surface area contributed by atoms with Gasteiger partial charge in [-0.25, -0.2) is 0 Å². The summed E-state index contributed by atoms with van der Waals surface area (Å²) in [6.07, 6.45) is 0. The zero-order valence-electron chi connectivity index (χ0n) is 20.6. The van der Waals surface area contributed by atoms with E-state index >= 15 is 0 Å². The van der Waals surface area contributed by atoms with Crippen LogP contribution in [-0.4, -0.2) is 52.6 Å². The standard InChI is InChI=1S/C28H25N5O5/c1-35-24-10-6-5-9-23(24)28-31-30-25-15-16-27(32-33(25)28)36-18-17-29-26(34)19-37-20-11-13-22(14-12-20)38-21-7-3-2-4-8-21/h2-16H,17-19H2,1H3,(H,29,34). The van der Waals surface area contributed by atoms with Crippen molar-refractivity contribution in [2.75, 3.05) is 26.9 Å². The van der Waals surface area contributed by atoms with Gasteiger partial charge in [-0.15, -0.1) is 15.3 Å². The highest BCUT2D eigenvalue weighted by molar-refractivity contribution is 5.77. The quantitative estimate of drug-likeness (QED) is 0.263. The van der Waals surface area contributed by atoms with Gasteiger partial charge in [0.2, 0.25) is 5.88 Å². The van der Waals surface area contributed by atoms with Gasteiger partial charge in [0, 0.05) is 6.07 Å². The number of nitrogens with zero attached hydrogens (tertiary/aromatic N) is 4. The molecule has 0 atom stereocenters. The highest BCUT2D eigenvalue weighted by atomic mass is 16.5. The highest BCUT2D eigenvalue weighted by Gasteiger charge is 2.14. The zero-order valence-corrected chi connectivity index (χ0v) is 20.6. The molecule has 0 bridgehead atoms. The number of carbonyl (C=O) groups is 1. The van der Waals surface area contributed by atoms with Crippen LogP contribution in [0.3, 0.4) is 0 Å². The van der Waals surface area contributed by atoms with Crippen molar-refractivity contribution in [1.82, 2.24) is 25.1 Å². The van der Waals surface area contributed by atoms with E-state index in [0.29, 0.717) is 34.6 Å². The van der Waals surface area contributed by atoms with Gasteiger partial charge in [-0.3, -0.25) is 4.79 Å². The minimum Gasteiger partial charge on any atom is -0.496 e. The number of para-hydroxylation sites is 2. The van der Waals surface area contributed by atoms with Crippen molar-refractivity contribution < 1.29 is 23.7 Å². The first kappa shape index (κ1) is 24.6. The number of methoxy groups -OCH3 is 1. The average Bonchev–Trinajstić information content (AvgIpc) is 3.38. The molecule has 38 heavy (non-hydrogen) atoms. The first-order valence-electron chi connectivity index (χ1n) is 11.9. The van der Waals surface area contributed by atoms with E-state index in [1.807, 2.05) is 54.6 Å². The molecule has 2 heterocycles. The monoisotopic (exact) mass is 511 g/mol. The normalized spacial score (nSPS) is 10.7. The van der Waals surface area contributed by atoms with E-state index in [4.69, 9.17) is 18.9 Å². The number of carbonyl (C=O) groups excluding carboxylic acids is 1. The summed E-state index contributed by atoms with van der Waals surface area (Å²) < 4.78 is 24.0. The van der Waals surface area contributed by atoms with Crippen molar-refractivity contribution in [1.29, 1.82) is 0 Å². The van der Waals surface area contributed by atoms with E-state index in [0.717, 1.165) is 11.3 Å². The lowest BCUT2D eigenvalue weighted by Gasteiger charge is -2.10. The third-order valence-electron chi connectivity index (χ3n) is 5.43. The Morgan fingerprint density at radius 1 is 0.816 bits per heavy atom. The molecule has 0 saturated heterocycles. The molecule has 0 unspecified atom stereocenters. The minimum atomic E-state index is -0.265. The van der Waals surface area contributed by atoms with E-state index in [9.17, 15) is 4.79 Å². The van der Waals surface area contributed by atoms with Crippen molar-refractivity contribution in [3.05, 3.63) is 91.0 Å². The summed E-state index contributed by atoms with van der Waals surface area (Å²) in [7, 11) is 1.60. The number of amides is 1. The summed E-state index contributed by atoms with van der Waals surface area (Å²) in [6.45, 7) is 0.390. The molecule has 0 aliphatic rings. The lowest BCUT2D eigenvalue weighted by molar-refractivity contribution is -0.123. The Kier molecular flexibility index (Phi) is 7.59. The Morgan fingerprint density at radius 3 is 2.37 bits per heavy atom. The van der Waals surface area contributed by atoms with Crippen LogP contribution in [0.15, 0.2) is 91.0 Å². The molecule has 10 nitrogen and oxygen atoms in total. The second-order valence-corrected chi connectivity index (χ2v) is 8.04. The van der Waals surface area contributed by atoms with E-state index in [1.165, 1.54) is 0 Å². The van der Waals surface area contributed by atoms with Gasteiger partial charge in [-0.2, -0.15) is 4.52 Å². The maximum Gasteiger partial charge on any atom is 0.258 e. The summed E-state index contributed by atoms with van der Waals surface area (Å²) in [5.74, 6) is 3.30. The topological polar surface area (TPSA) is 109 Å². The maximum atomic E-state index is 12.2. The van der Waals surface area contributed by atoms with Crippen LogP contribution in [-0.2, 0) is 4.79 Å². The largest absolute Gasteiger partial charge is 0.496 e. The van der Waals surface area contributed by atoms with Gasteiger partial charge < -0.3 is 24.3 Å². The van der Waals surface area contributed by atoms with Crippen LogP contribution in [0, 0.1) is 0 Å². The van der Waals surface area contributed by atoms with E-state index in [2.05, 4.69) is 20.6 Å². The van der Waals surface area contributed by atoms with E-state index < -0.39 is 0 Å². The first-order valence-corrected chi connectivity index (χ1v) is 11.9. The Labute approximate surface area is 218 Å². The Hall–Kier alpha value is -5.12. The van der Waals surface area contributed by atoms with Gasteiger partial charge in [0.05, 0.1) is 19.2 Å². The van der Waals surface area contributed by atoms with Gasteiger partial charge in [0.25, 0.3) is 5.91 Å². The van der Waals surface area contributed by atoms with Crippen LogP contribution in [0.5, 0.6) is 28.9 Å². The SMILES string of the molecule is COc1ccccc1-c1nnc2ccc(OCCNC(=O)COc3ccc(Oc4ccccc4)cc3)nn12. The molecule has 2 aromatic heterocycles. The summed E-state index contributed by atoms with van der Waals surface area (Å²) in [5, 5.41) is 15.6. The Bertz CT molecular complexity index is 1510. The molecule has 0 aliphatic carbocycles. The molecule has 192 valence electrons. The minimum absolute atomic E-state index is 0.119. The smallest absolute Gasteiger partial charge is 0.258 e. The molecule has 1 N–H and O–H groups in total. The van der Waals surface area contributed by atoms with Crippen molar-refractivity contribution in [3.63, 3.8) is 0 Å². The molecular weight excluding hydrogens is 486 g/mol. The van der Waals surface area contributed by atoms with Crippen LogP contribution in [0.25, 0.3) is 17.0 Å².